The number of aryl methyl sites for hydroxylation is 2. The van der Waals surface area contributed by atoms with E-state index in [4.69, 9.17) is 0 Å². The standard InChI is InChI=1S/C13H22N2/c1-9-7-12(8-10(2)14-9)15-11(3)13(4,5)6/h7-8,11H,1-6H3,(H,14,15). The van der Waals surface area contributed by atoms with Crippen molar-refractivity contribution in [1.82, 2.24) is 4.98 Å². The first kappa shape index (κ1) is 12.0. The van der Waals surface area contributed by atoms with E-state index in [-0.39, 0.29) is 5.41 Å². The fourth-order valence-corrected chi connectivity index (χ4v) is 1.38. The zero-order valence-corrected chi connectivity index (χ0v) is 10.7. The molecule has 2 heteroatoms. The van der Waals surface area contributed by atoms with Gasteiger partial charge in [0.25, 0.3) is 0 Å². The summed E-state index contributed by atoms with van der Waals surface area (Å²) in [6, 6.07) is 4.63. The highest BCUT2D eigenvalue weighted by atomic mass is 14.9. The van der Waals surface area contributed by atoms with Gasteiger partial charge >= 0.3 is 0 Å². The van der Waals surface area contributed by atoms with Gasteiger partial charge in [-0.25, -0.2) is 0 Å². The molecule has 0 amide bonds. The van der Waals surface area contributed by atoms with Gasteiger partial charge in [-0.15, -0.1) is 0 Å². The number of hydrogen-bond acceptors (Lipinski definition) is 2. The van der Waals surface area contributed by atoms with Crippen molar-refractivity contribution in [3.8, 4) is 0 Å². The lowest BCUT2D eigenvalue weighted by Gasteiger charge is -2.29. The molecule has 1 N–H and O–H groups in total. The van der Waals surface area contributed by atoms with Gasteiger partial charge in [-0.3, -0.25) is 4.98 Å². The molecule has 1 atom stereocenters. The molecule has 0 radical (unpaired) electrons. The molecule has 2 nitrogen and oxygen atoms in total. The van der Waals surface area contributed by atoms with Gasteiger partial charge in [-0.1, -0.05) is 20.8 Å². The maximum absolute atomic E-state index is 4.36. The van der Waals surface area contributed by atoms with E-state index in [9.17, 15) is 0 Å². The second kappa shape index (κ2) is 4.21. The summed E-state index contributed by atoms with van der Waals surface area (Å²) in [6.45, 7) is 13.0. The number of nitrogens with one attached hydrogen (secondary N) is 1. The molecule has 0 spiro atoms. The molecule has 0 saturated carbocycles. The Balaban J connectivity index is 2.81. The molecule has 0 aliphatic rings. The van der Waals surface area contributed by atoms with E-state index in [2.05, 4.69) is 50.1 Å². The highest BCUT2D eigenvalue weighted by Gasteiger charge is 2.19. The van der Waals surface area contributed by atoms with Crippen LogP contribution in [-0.2, 0) is 0 Å². The van der Waals surface area contributed by atoms with Crippen LogP contribution in [0.15, 0.2) is 12.1 Å². The van der Waals surface area contributed by atoms with Crippen molar-refractivity contribution in [2.24, 2.45) is 5.41 Å². The zero-order chi connectivity index (χ0) is 11.6. The Morgan fingerprint density at radius 1 is 1.13 bits per heavy atom. The molecule has 0 aliphatic heterocycles. The first-order valence-electron chi connectivity index (χ1n) is 5.51. The summed E-state index contributed by atoms with van der Waals surface area (Å²) >= 11 is 0. The molecule has 0 saturated heterocycles. The van der Waals surface area contributed by atoms with E-state index >= 15 is 0 Å². The number of nitrogens with zero attached hydrogens (tertiary/aromatic N) is 1. The van der Waals surface area contributed by atoms with Gasteiger partial charge in [0.05, 0.1) is 0 Å². The minimum atomic E-state index is 0.269. The molecule has 0 aliphatic carbocycles. The quantitative estimate of drug-likeness (QED) is 0.800. The van der Waals surface area contributed by atoms with Crippen molar-refractivity contribution in [2.45, 2.75) is 47.6 Å². The van der Waals surface area contributed by atoms with Gasteiger partial charge in [-0.2, -0.15) is 0 Å². The van der Waals surface area contributed by atoms with Crippen LogP contribution in [0.2, 0.25) is 0 Å². The summed E-state index contributed by atoms with van der Waals surface area (Å²) in [4.78, 5) is 4.36. The Hall–Kier alpha value is -1.05. The van der Waals surface area contributed by atoms with Gasteiger partial charge in [0.1, 0.15) is 0 Å². The lowest BCUT2D eigenvalue weighted by atomic mass is 9.88. The maximum Gasteiger partial charge on any atom is 0.0396 e. The summed E-state index contributed by atoms with van der Waals surface area (Å²) in [7, 11) is 0. The zero-order valence-electron chi connectivity index (χ0n) is 10.7. The molecule has 1 heterocycles. The van der Waals surface area contributed by atoms with Crippen molar-refractivity contribution in [1.29, 1.82) is 0 Å². The predicted octanol–water partition coefficient (Wildman–Crippen LogP) is 3.54. The number of anilines is 1. The summed E-state index contributed by atoms with van der Waals surface area (Å²) in [5.41, 5.74) is 3.57. The molecule has 0 fully saturated rings. The normalized spacial score (nSPS) is 13.7. The number of aromatic nitrogens is 1. The summed E-state index contributed by atoms with van der Waals surface area (Å²) in [5.74, 6) is 0. The largest absolute Gasteiger partial charge is 0.382 e. The molecule has 0 aromatic carbocycles. The van der Waals surface area contributed by atoms with Gasteiger partial charge in [0.15, 0.2) is 0 Å². The second-order valence-electron chi connectivity index (χ2n) is 5.37. The molecule has 1 aromatic heterocycles. The molecule has 1 unspecified atom stereocenters. The van der Waals surface area contributed by atoms with E-state index in [0.29, 0.717) is 6.04 Å². The van der Waals surface area contributed by atoms with Crippen molar-refractivity contribution in [3.05, 3.63) is 23.5 Å². The Kier molecular flexibility index (Phi) is 3.38. The SMILES string of the molecule is Cc1cc(NC(C)C(C)(C)C)cc(C)n1. The van der Waals surface area contributed by atoms with Gasteiger partial charge < -0.3 is 5.32 Å². The predicted molar refractivity (Wildman–Crippen MR) is 66.3 cm³/mol. The third-order valence-corrected chi connectivity index (χ3v) is 2.76. The fraction of sp³-hybridized carbons (Fsp3) is 0.615. The lowest BCUT2D eigenvalue weighted by molar-refractivity contribution is 0.359. The lowest BCUT2D eigenvalue weighted by Crippen LogP contribution is -2.30. The topological polar surface area (TPSA) is 24.9 Å². The van der Waals surface area contributed by atoms with Crippen LogP contribution in [0.1, 0.15) is 39.1 Å². The van der Waals surface area contributed by atoms with Crippen LogP contribution in [0.3, 0.4) is 0 Å². The van der Waals surface area contributed by atoms with Crippen LogP contribution < -0.4 is 5.32 Å². The van der Waals surface area contributed by atoms with E-state index in [0.717, 1.165) is 11.4 Å². The van der Waals surface area contributed by atoms with Gasteiger partial charge in [0, 0.05) is 23.1 Å². The van der Waals surface area contributed by atoms with E-state index in [1.165, 1.54) is 5.69 Å². The third-order valence-electron chi connectivity index (χ3n) is 2.76. The van der Waals surface area contributed by atoms with Crippen LogP contribution in [-0.4, -0.2) is 11.0 Å². The minimum absolute atomic E-state index is 0.269. The van der Waals surface area contributed by atoms with Gasteiger partial charge in [0.2, 0.25) is 0 Å². The molecule has 0 bridgehead atoms. The highest BCUT2D eigenvalue weighted by Crippen LogP contribution is 2.23. The van der Waals surface area contributed by atoms with Crippen molar-refractivity contribution in [3.63, 3.8) is 0 Å². The Labute approximate surface area is 93.1 Å². The first-order valence-corrected chi connectivity index (χ1v) is 5.51. The average molecular weight is 206 g/mol. The smallest absolute Gasteiger partial charge is 0.0396 e. The third kappa shape index (κ3) is 3.54. The molecule has 1 rings (SSSR count). The first-order chi connectivity index (χ1) is 6.79. The van der Waals surface area contributed by atoms with Crippen molar-refractivity contribution < 1.29 is 0 Å². The monoisotopic (exact) mass is 206 g/mol. The van der Waals surface area contributed by atoms with Gasteiger partial charge in [-0.05, 0) is 38.3 Å². The minimum Gasteiger partial charge on any atom is -0.382 e. The van der Waals surface area contributed by atoms with E-state index < -0.39 is 0 Å². The summed E-state index contributed by atoms with van der Waals surface area (Å²) < 4.78 is 0. The van der Waals surface area contributed by atoms with Crippen molar-refractivity contribution >= 4 is 5.69 Å². The molecule has 15 heavy (non-hydrogen) atoms. The highest BCUT2D eigenvalue weighted by molar-refractivity contribution is 5.46. The Bertz CT molecular complexity index is 317. The van der Waals surface area contributed by atoms with Crippen molar-refractivity contribution in [2.75, 3.05) is 5.32 Å². The van der Waals surface area contributed by atoms with E-state index in [1.54, 1.807) is 0 Å². The van der Waals surface area contributed by atoms with E-state index in [1.807, 2.05) is 13.8 Å². The van der Waals surface area contributed by atoms with Crippen LogP contribution in [0, 0.1) is 19.3 Å². The summed E-state index contributed by atoms with van der Waals surface area (Å²) in [5, 5.41) is 3.52. The summed E-state index contributed by atoms with van der Waals surface area (Å²) in [6.07, 6.45) is 0. The number of rotatable bonds is 2. The number of pyridine rings is 1. The van der Waals surface area contributed by atoms with Crippen LogP contribution in [0.25, 0.3) is 0 Å². The van der Waals surface area contributed by atoms with Crippen LogP contribution >= 0.6 is 0 Å². The Morgan fingerprint density at radius 2 is 1.60 bits per heavy atom. The van der Waals surface area contributed by atoms with Crippen LogP contribution in [0.4, 0.5) is 5.69 Å². The number of hydrogen-bond donors (Lipinski definition) is 1. The second-order valence-corrected chi connectivity index (χ2v) is 5.37. The molecule has 1 aromatic rings. The fourth-order valence-electron chi connectivity index (χ4n) is 1.38. The average Bonchev–Trinajstić information content (AvgIpc) is 1.99. The molecular formula is C13H22N2. The molecular weight excluding hydrogens is 184 g/mol. The Morgan fingerprint density at radius 3 is 2.00 bits per heavy atom. The molecule has 84 valence electrons. The van der Waals surface area contributed by atoms with Crippen LogP contribution in [0.5, 0.6) is 0 Å². The maximum atomic E-state index is 4.36.